The smallest absolute Gasteiger partial charge is 0.257 e. The maximum Gasteiger partial charge on any atom is 0.257 e. The third kappa shape index (κ3) is 8.75. The molecule has 0 aromatic heterocycles. The van der Waals surface area contributed by atoms with Crippen LogP contribution >= 0.6 is 12.2 Å². The number of hydrogen-bond acceptors (Lipinski definition) is 5. The van der Waals surface area contributed by atoms with Crippen LogP contribution in [0.1, 0.15) is 36.2 Å². The Morgan fingerprint density at radius 1 is 0.972 bits per heavy atom. The largest absolute Gasteiger partial charge is 0.494 e. The van der Waals surface area contributed by atoms with Crippen molar-refractivity contribution in [3.8, 4) is 5.75 Å². The van der Waals surface area contributed by atoms with Crippen LogP contribution in [0.3, 0.4) is 0 Å². The number of amides is 1. The van der Waals surface area contributed by atoms with Gasteiger partial charge >= 0.3 is 0 Å². The lowest BCUT2D eigenvalue weighted by atomic mass is 10.1. The monoisotopic (exact) mass is 525 g/mol. The molecular weight excluding hydrogens is 494 g/mol. The number of rotatable bonds is 11. The van der Waals surface area contributed by atoms with E-state index in [1.54, 1.807) is 36.4 Å². The highest BCUT2D eigenvalue weighted by Crippen LogP contribution is 2.16. The van der Waals surface area contributed by atoms with E-state index >= 15 is 0 Å². The highest BCUT2D eigenvalue weighted by atomic mass is 32.2. The van der Waals surface area contributed by atoms with Gasteiger partial charge in [0, 0.05) is 17.8 Å². The van der Waals surface area contributed by atoms with Gasteiger partial charge in [0.05, 0.1) is 11.5 Å². The molecule has 0 spiro atoms. The molecule has 7 nitrogen and oxygen atoms in total. The van der Waals surface area contributed by atoms with Gasteiger partial charge in [0.25, 0.3) is 5.91 Å². The first-order valence-corrected chi connectivity index (χ1v) is 13.6. The van der Waals surface area contributed by atoms with Crippen molar-refractivity contribution in [3.05, 3.63) is 90.0 Å². The first kappa shape index (κ1) is 27.3. The van der Waals surface area contributed by atoms with Crippen LogP contribution in [0.15, 0.2) is 83.8 Å². The summed E-state index contributed by atoms with van der Waals surface area (Å²) >= 11 is 5.25. The summed E-state index contributed by atoms with van der Waals surface area (Å²) in [5.41, 5.74) is 2.03. The molecule has 3 aromatic rings. The van der Waals surface area contributed by atoms with Crippen LogP contribution < -0.4 is 20.1 Å². The van der Waals surface area contributed by atoms with Crippen molar-refractivity contribution in [2.24, 2.45) is 5.92 Å². The van der Waals surface area contributed by atoms with Gasteiger partial charge < -0.3 is 10.1 Å². The molecule has 3 rings (SSSR count). The molecule has 0 fully saturated rings. The Kier molecular flexibility index (Phi) is 9.98. The Balaban J connectivity index is 1.50. The molecule has 0 bridgehead atoms. The molecular formula is C27H31N3O4S2. The molecule has 0 saturated carbocycles. The molecule has 9 heteroatoms. The minimum absolute atomic E-state index is 0.0997. The summed E-state index contributed by atoms with van der Waals surface area (Å²) in [6.45, 7) is 5.12. The van der Waals surface area contributed by atoms with Gasteiger partial charge in [-0.3, -0.25) is 10.1 Å². The van der Waals surface area contributed by atoms with Crippen LogP contribution in [0.2, 0.25) is 0 Å². The highest BCUT2D eigenvalue weighted by molar-refractivity contribution is 7.89. The van der Waals surface area contributed by atoms with Crippen LogP contribution in [-0.2, 0) is 16.4 Å². The number of ether oxygens (including phenoxy) is 1. The van der Waals surface area contributed by atoms with Crippen molar-refractivity contribution < 1.29 is 17.9 Å². The Morgan fingerprint density at radius 3 is 2.39 bits per heavy atom. The molecule has 0 aliphatic heterocycles. The summed E-state index contributed by atoms with van der Waals surface area (Å²) in [7, 11) is -3.64. The summed E-state index contributed by atoms with van der Waals surface area (Å²) in [4.78, 5) is 12.7. The Hall–Kier alpha value is -3.27. The number of nitrogens with one attached hydrogen (secondary N) is 3. The quantitative estimate of drug-likeness (QED) is 0.313. The lowest BCUT2D eigenvalue weighted by Crippen LogP contribution is -2.34. The minimum Gasteiger partial charge on any atom is -0.494 e. The lowest BCUT2D eigenvalue weighted by molar-refractivity contribution is 0.0977. The predicted octanol–water partition coefficient (Wildman–Crippen LogP) is 4.76. The molecule has 0 radical (unpaired) electrons. The Bertz CT molecular complexity index is 1260. The van der Waals surface area contributed by atoms with E-state index in [-0.39, 0.29) is 15.9 Å². The maximum atomic E-state index is 12.6. The van der Waals surface area contributed by atoms with E-state index in [2.05, 4.69) is 29.2 Å². The average molecular weight is 526 g/mol. The van der Waals surface area contributed by atoms with Gasteiger partial charge in [0.15, 0.2) is 5.11 Å². The molecule has 0 saturated heterocycles. The molecule has 0 aliphatic rings. The first-order valence-electron chi connectivity index (χ1n) is 11.7. The van der Waals surface area contributed by atoms with Gasteiger partial charge in [0.2, 0.25) is 10.0 Å². The molecule has 3 aromatic carbocycles. The summed E-state index contributed by atoms with van der Waals surface area (Å²) in [6, 6.07) is 22.7. The number of carbonyl (C=O) groups is 1. The fraction of sp³-hybridized carbons (Fsp3) is 0.259. The number of carbonyl (C=O) groups excluding carboxylic acids is 1. The third-order valence-electron chi connectivity index (χ3n) is 5.26. The van der Waals surface area contributed by atoms with Gasteiger partial charge in [-0.1, -0.05) is 50.2 Å². The normalized spacial score (nSPS) is 11.2. The second kappa shape index (κ2) is 13.2. The van der Waals surface area contributed by atoms with Crippen molar-refractivity contribution in [3.63, 3.8) is 0 Å². The minimum atomic E-state index is -3.64. The number of thiocarbonyl (C=S) groups is 1. The highest BCUT2D eigenvalue weighted by Gasteiger charge is 2.14. The Labute approximate surface area is 218 Å². The van der Waals surface area contributed by atoms with Gasteiger partial charge in [-0.2, -0.15) is 0 Å². The van der Waals surface area contributed by atoms with Crippen LogP contribution in [0, 0.1) is 5.92 Å². The van der Waals surface area contributed by atoms with Gasteiger partial charge in [-0.15, -0.1) is 0 Å². The standard InChI is InChI=1S/C27H31N3O4S2/c1-20(2)16-18-34-24-10-6-9-22(19-24)26(31)30-27(35)29-23-11-13-25(14-12-23)36(32,33)28-17-15-21-7-4-3-5-8-21/h3-14,19-20,28H,15-18H2,1-2H3,(H2,29,30,31,35). The zero-order valence-corrected chi connectivity index (χ0v) is 22.0. The molecule has 3 N–H and O–H groups in total. The molecule has 0 aliphatic carbocycles. The van der Waals surface area contributed by atoms with E-state index in [0.29, 0.717) is 42.5 Å². The number of hydrogen-bond donors (Lipinski definition) is 3. The second-order valence-electron chi connectivity index (χ2n) is 8.62. The van der Waals surface area contributed by atoms with Gasteiger partial charge in [-0.05, 0) is 79.0 Å². The molecule has 190 valence electrons. The number of benzene rings is 3. The van der Waals surface area contributed by atoms with Crippen molar-refractivity contribution in [1.82, 2.24) is 10.0 Å². The van der Waals surface area contributed by atoms with Crippen molar-refractivity contribution in [1.29, 1.82) is 0 Å². The fourth-order valence-corrected chi connectivity index (χ4v) is 4.49. The SMILES string of the molecule is CC(C)CCOc1cccc(C(=O)NC(=S)Nc2ccc(S(=O)(=O)NCCc3ccccc3)cc2)c1. The van der Waals surface area contributed by atoms with E-state index in [0.717, 1.165) is 12.0 Å². The van der Waals surface area contributed by atoms with Crippen molar-refractivity contribution in [2.45, 2.75) is 31.6 Å². The summed E-state index contributed by atoms with van der Waals surface area (Å²) in [5, 5.41) is 5.63. The fourth-order valence-electron chi connectivity index (χ4n) is 3.25. The van der Waals surface area contributed by atoms with Gasteiger partial charge in [-0.25, -0.2) is 13.1 Å². The first-order chi connectivity index (χ1) is 17.2. The molecule has 0 atom stereocenters. The van der Waals surface area contributed by atoms with E-state index < -0.39 is 10.0 Å². The average Bonchev–Trinajstić information content (AvgIpc) is 2.85. The zero-order chi connectivity index (χ0) is 26.0. The van der Waals surface area contributed by atoms with Crippen LogP contribution in [-0.4, -0.2) is 32.6 Å². The zero-order valence-electron chi connectivity index (χ0n) is 20.4. The van der Waals surface area contributed by atoms with Crippen LogP contribution in [0.5, 0.6) is 5.75 Å². The molecule has 0 heterocycles. The lowest BCUT2D eigenvalue weighted by Gasteiger charge is -2.12. The number of sulfonamides is 1. The number of anilines is 1. The predicted molar refractivity (Wildman–Crippen MR) is 147 cm³/mol. The van der Waals surface area contributed by atoms with Crippen molar-refractivity contribution >= 4 is 38.9 Å². The van der Waals surface area contributed by atoms with E-state index in [4.69, 9.17) is 17.0 Å². The second-order valence-corrected chi connectivity index (χ2v) is 10.8. The molecule has 0 unspecified atom stereocenters. The van der Waals surface area contributed by atoms with Crippen molar-refractivity contribution in [2.75, 3.05) is 18.5 Å². The summed E-state index contributed by atoms with van der Waals surface area (Å²) < 4.78 is 33.4. The third-order valence-corrected chi connectivity index (χ3v) is 6.94. The maximum absolute atomic E-state index is 12.6. The summed E-state index contributed by atoms with van der Waals surface area (Å²) in [5.74, 6) is 0.782. The van der Waals surface area contributed by atoms with Crippen LogP contribution in [0.25, 0.3) is 0 Å². The van der Waals surface area contributed by atoms with Gasteiger partial charge in [0.1, 0.15) is 5.75 Å². The topological polar surface area (TPSA) is 96.5 Å². The van der Waals surface area contributed by atoms with Crippen LogP contribution in [0.4, 0.5) is 5.69 Å². The Morgan fingerprint density at radius 2 is 1.69 bits per heavy atom. The van der Waals surface area contributed by atoms with E-state index in [9.17, 15) is 13.2 Å². The van der Waals surface area contributed by atoms with E-state index in [1.165, 1.54) is 12.1 Å². The van der Waals surface area contributed by atoms with E-state index in [1.807, 2.05) is 30.3 Å². The molecule has 1 amide bonds. The summed E-state index contributed by atoms with van der Waals surface area (Å²) in [6.07, 6.45) is 1.52. The molecule has 36 heavy (non-hydrogen) atoms.